The predicted molar refractivity (Wildman–Crippen MR) is 112 cm³/mol. The average molecular weight is 385 g/mol. The molecule has 0 bridgehead atoms. The van der Waals surface area contributed by atoms with Crippen LogP contribution in [0.25, 0.3) is 44.3 Å². The molecule has 1 N–H and O–H groups in total. The first kappa shape index (κ1) is 17.2. The van der Waals surface area contributed by atoms with Crippen LogP contribution in [0, 0.1) is 0 Å². The maximum Gasteiger partial charge on any atom is 0.216 e. The molecule has 0 fully saturated rings. The third kappa shape index (κ3) is 2.87. The van der Waals surface area contributed by atoms with E-state index in [2.05, 4.69) is 38.1 Å². The molecule has 1 aromatic carbocycles. The van der Waals surface area contributed by atoms with Gasteiger partial charge in [-0.1, -0.05) is 6.07 Å². The number of aromatic nitrogens is 5. The van der Waals surface area contributed by atoms with Gasteiger partial charge in [0.25, 0.3) is 0 Å². The molecule has 29 heavy (non-hydrogen) atoms. The maximum absolute atomic E-state index is 5.30. The van der Waals surface area contributed by atoms with E-state index in [-0.39, 0.29) is 0 Å². The summed E-state index contributed by atoms with van der Waals surface area (Å²) in [6, 6.07) is 12.1. The van der Waals surface area contributed by atoms with Crippen molar-refractivity contribution in [2.24, 2.45) is 7.05 Å². The van der Waals surface area contributed by atoms with Gasteiger partial charge in [-0.15, -0.1) is 0 Å². The number of ether oxygens (including phenoxy) is 2. The lowest BCUT2D eigenvalue weighted by atomic mass is 10.0. The van der Waals surface area contributed by atoms with Crippen LogP contribution in [-0.4, -0.2) is 38.7 Å². The molecule has 0 aliphatic heterocycles. The molecule has 7 nitrogen and oxygen atoms in total. The number of nitrogens with zero attached hydrogens (tertiary/aromatic N) is 4. The molecule has 0 radical (unpaired) electrons. The average Bonchev–Trinajstić information content (AvgIpc) is 3.36. The summed E-state index contributed by atoms with van der Waals surface area (Å²) >= 11 is 0. The highest BCUT2D eigenvalue weighted by Crippen LogP contribution is 2.33. The zero-order valence-corrected chi connectivity index (χ0v) is 16.3. The molecule has 0 aliphatic rings. The molecule has 0 atom stereocenters. The molecule has 0 saturated heterocycles. The molecule has 5 aromatic rings. The van der Waals surface area contributed by atoms with Crippen molar-refractivity contribution in [3.63, 3.8) is 0 Å². The van der Waals surface area contributed by atoms with Gasteiger partial charge >= 0.3 is 0 Å². The monoisotopic (exact) mass is 385 g/mol. The van der Waals surface area contributed by atoms with E-state index >= 15 is 0 Å². The molecule has 0 aliphatic carbocycles. The van der Waals surface area contributed by atoms with Crippen LogP contribution in [0.15, 0.2) is 55.1 Å². The van der Waals surface area contributed by atoms with Gasteiger partial charge < -0.3 is 19.0 Å². The SMILES string of the molecule is COc1cc(-c2cnc3[nH]cc(-c4ccc5ncn(C)c5c4)c3c2)cc(OC)n1. The number of nitrogens with one attached hydrogen (secondary N) is 1. The number of imidazole rings is 1. The maximum atomic E-state index is 5.30. The molecule has 4 heterocycles. The number of benzene rings is 1. The predicted octanol–water partition coefficient (Wildman–Crippen LogP) is 4.20. The summed E-state index contributed by atoms with van der Waals surface area (Å²) in [5.74, 6) is 0.991. The van der Waals surface area contributed by atoms with Crippen LogP contribution in [0.2, 0.25) is 0 Å². The number of hydrogen-bond acceptors (Lipinski definition) is 5. The molecule has 0 spiro atoms. The van der Waals surface area contributed by atoms with Crippen LogP contribution in [0.4, 0.5) is 0 Å². The third-order valence-electron chi connectivity index (χ3n) is 5.10. The van der Waals surface area contributed by atoms with Crippen LogP contribution in [0.1, 0.15) is 0 Å². The van der Waals surface area contributed by atoms with E-state index < -0.39 is 0 Å². The summed E-state index contributed by atoms with van der Waals surface area (Å²) in [4.78, 5) is 16.5. The number of rotatable bonds is 4. The van der Waals surface area contributed by atoms with Crippen molar-refractivity contribution in [3.05, 3.63) is 55.1 Å². The zero-order valence-electron chi connectivity index (χ0n) is 16.3. The van der Waals surface area contributed by atoms with Crippen molar-refractivity contribution >= 4 is 22.1 Å². The second kappa shape index (κ2) is 6.63. The summed E-state index contributed by atoms with van der Waals surface area (Å²) in [5, 5.41) is 1.04. The van der Waals surface area contributed by atoms with Crippen molar-refractivity contribution in [1.29, 1.82) is 0 Å². The molecule has 0 amide bonds. The second-order valence-corrected chi connectivity index (χ2v) is 6.82. The van der Waals surface area contributed by atoms with Crippen LogP contribution < -0.4 is 9.47 Å². The Morgan fingerprint density at radius 2 is 1.69 bits per heavy atom. The third-order valence-corrected chi connectivity index (χ3v) is 5.10. The molecule has 4 aromatic heterocycles. The number of fused-ring (bicyclic) bond motifs is 2. The highest BCUT2D eigenvalue weighted by Gasteiger charge is 2.12. The van der Waals surface area contributed by atoms with E-state index in [1.54, 1.807) is 14.2 Å². The second-order valence-electron chi connectivity index (χ2n) is 6.82. The number of hydrogen-bond donors (Lipinski definition) is 1. The molecule has 5 rings (SSSR count). The van der Waals surface area contributed by atoms with Crippen LogP contribution in [-0.2, 0) is 7.05 Å². The Hall–Kier alpha value is -3.87. The lowest BCUT2D eigenvalue weighted by Crippen LogP contribution is -1.93. The van der Waals surface area contributed by atoms with E-state index in [4.69, 9.17) is 9.47 Å². The van der Waals surface area contributed by atoms with Gasteiger partial charge in [0.2, 0.25) is 11.8 Å². The van der Waals surface area contributed by atoms with Crippen molar-refractivity contribution in [1.82, 2.24) is 24.5 Å². The van der Waals surface area contributed by atoms with Gasteiger partial charge in [-0.25, -0.2) is 9.97 Å². The minimum atomic E-state index is 0.496. The number of pyridine rings is 2. The van der Waals surface area contributed by atoms with Crippen molar-refractivity contribution in [2.45, 2.75) is 0 Å². The Bertz CT molecular complexity index is 1330. The van der Waals surface area contributed by atoms with Gasteiger partial charge in [0.05, 0.1) is 31.6 Å². The largest absolute Gasteiger partial charge is 0.481 e. The number of H-pyrrole nitrogens is 1. The van der Waals surface area contributed by atoms with E-state index in [1.807, 2.05) is 48.5 Å². The highest BCUT2D eigenvalue weighted by atomic mass is 16.5. The van der Waals surface area contributed by atoms with Crippen molar-refractivity contribution in [3.8, 4) is 34.0 Å². The van der Waals surface area contributed by atoms with Crippen LogP contribution >= 0.6 is 0 Å². The molecule has 7 heteroatoms. The fourth-order valence-electron chi connectivity index (χ4n) is 3.55. The van der Waals surface area contributed by atoms with E-state index in [9.17, 15) is 0 Å². The fourth-order valence-corrected chi connectivity index (χ4v) is 3.55. The summed E-state index contributed by atoms with van der Waals surface area (Å²) in [6.07, 6.45) is 5.65. The molecule has 144 valence electrons. The minimum Gasteiger partial charge on any atom is -0.481 e. The lowest BCUT2D eigenvalue weighted by molar-refractivity contribution is 0.365. The highest BCUT2D eigenvalue weighted by molar-refractivity contribution is 5.97. The quantitative estimate of drug-likeness (QED) is 0.502. The fraction of sp³-hybridized carbons (Fsp3) is 0.136. The Morgan fingerprint density at radius 1 is 0.897 bits per heavy atom. The Balaban J connectivity index is 1.66. The van der Waals surface area contributed by atoms with Crippen molar-refractivity contribution in [2.75, 3.05) is 14.2 Å². The summed E-state index contributed by atoms with van der Waals surface area (Å²) in [5.41, 5.74) is 6.98. The Kier molecular flexibility index (Phi) is 3.94. The van der Waals surface area contributed by atoms with Crippen molar-refractivity contribution < 1.29 is 9.47 Å². The molecule has 0 unspecified atom stereocenters. The van der Waals surface area contributed by atoms with Gasteiger partial charge in [-0.2, -0.15) is 4.98 Å². The number of aryl methyl sites for hydroxylation is 1. The lowest BCUT2D eigenvalue weighted by Gasteiger charge is -2.08. The standard InChI is InChI=1S/C22H19N5O2/c1-27-12-25-18-5-4-13(7-19(18)27)17-11-24-22-16(17)6-15(10-23-22)14-8-20(28-2)26-21(9-14)29-3/h4-12H,1-3H3,(H,23,24). The minimum absolute atomic E-state index is 0.496. The Morgan fingerprint density at radius 3 is 2.45 bits per heavy atom. The topological polar surface area (TPSA) is 77.8 Å². The number of methoxy groups -OCH3 is 2. The van der Waals surface area contributed by atoms with Crippen LogP contribution in [0.5, 0.6) is 11.8 Å². The molecule has 0 saturated carbocycles. The molecular formula is C22H19N5O2. The Labute approximate surface area is 167 Å². The summed E-state index contributed by atoms with van der Waals surface area (Å²) in [7, 11) is 5.18. The van der Waals surface area contributed by atoms with Gasteiger partial charge in [0.15, 0.2) is 0 Å². The zero-order chi connectivity index (χ0) is 20.0. The van der Waals surface area contributed by atoms with E-state index in [1.165, 1.54) is 0 Å². The van der Waals surface area contributed by atoms with Gasteiger partial charge in [0, 0.05) is 48.1 Å². The van der Waals surface area contributed by atoms with Gasteiger partial charge in [-0.3, -0.25) is 0 Å². The van der Waals surface area contributed by atoms with E-state index in [0.29, 0.717) is 11.8 Å². The first-order valence-electron chi connectivity index (χ1n) is 9.15. The number of aromatic amines is 1. The van der Waals surface area contributed by atoms with E-state index in [0.717, 1.165) is 44.3 Å². The smallest absolute Gasteiger partial charge is 0.216 e. The van der Waals surface area contributed by atoms with Gasteiger partial charge in [0.1, 0.15) is 5.65 Å². The molecular weight excluding hydrogens is 366 g/mol. The first-order valence-corrected chi connectivity index (χ1v) is 9.15. The summed E-state index contributed by atoms with van der Waals surface area (Å²) in [6.45, 7) is 0. The van der Waals surface area contributed by atoms with Gasteiger partial charge in [-0.05, 0) is 29.3 Å². The summed E-state index contributed by atoms with van der Waals surface area (Å²) < 4.78 is 12.6. The normalized spacial score (nSPS) is 11.3. The first-order chi connectivity index (χ1) is 14.2. The van der Waals surface area contributed by atoms with Crippen LogP contribution in [0.3, 0.4) is 0 Å².